The van der Waals surface area contributed by atoms with Crippen LogP contribution in [0.3, 0.4) is 0 Å². The predicted octanol–water partition coefficient (Wildman–Crippen LogP) is 8.88. The molecule has 0 rings (SSSR count). The zero-order valence-electron chi connectivity index (χ0n) is 18.6. The SMILES string of the molecule is CCC/C=C/CC(/C=C/CCCCCCC(C)C)C(C)C[Si](C)(C)C. The summed E-state index contributed by atoms with van der Waals surface area (Å²) in [6.45, 7) is 16.9. The van der Waals surface area contributed by atoms with Crippen LogP contribution >= 0.6 is 0 Å². The van der Waals surface area contributed by atoms with Crippen LogP contribution in [0, 0.1) is 17.8 Å². The first-order valence-electron chi connectivity index (χ1n) is 11.1. The van der Waals surface area contributed by atoms with E-state index < -0.39 is 8.07 Å². The molecule has 25 heavy (non-hydrogen) atoms. The van der Waals surface area contributed by atoms with Gasteiger partial charge in [-0.1, -0.05) is 110 Å². The summed E-state index contributed by atoms with van der Waals surface area (Å²) in [6, 6.07) is 1.44. The Hall–Kier alpha value is -0.303. The molecule has 0 bridgehead atoms. The van der Waals surface area contributed by atoms with E-state index in [-0.39, 0.29) is 0 Å². The zero-order chi connectivity index (χ0) is 19.1. The van der Waals surface area contributed by atoms with Gasteiger partial charge in [0.05, 0.1) is 0 Å². The van der Waals surface area contributed by atoms with Gasteiger partial charge in [-0.2, -0.15) is 0 Å². The van der Waals surface area contributed by atoms with Crippen molar-refractivity contribution in [3.8, 4) is 0 Å². The molecule has 1 heteroatoms. The topological polar surface area (TPSA) is 0 Å². The molecular formula is C24H48Si. The maximum absolute atomic E-state index is 2.55. The Balaban J connectivity index is 4.26. The fourth-order valence-corrected chi connectivity index (χ4v) is 5.83. The molecule has 0 nitrogen and oxygen atoms in total. The maximum Gasteiger partial charge on any atom is 0.0445 e. The first kappa shape index (κ1) is 24.7. The molecule has 0 aromatic rings. The third-order valence-electron chi connectivity index (χ3n) is 4.98. The summed E-state index contributed by atoms with van der Waals surface area (Å²) in [5.74, 6) is 2.43. The van der Waals surface area contributed by atoms with Crippen molar-refractivity contribution in [1.82, 2.24) is 0 Å². The summed E-state index contributed by atoms with van der Waals surface area (Å²) in [7, 11) is -0.974. The van der Waals surface area contributed by atoms with Crippen LogP contribution in [0.15, 0.2) is 24.3 Å². The van der Waals surface area contributed by atoms with E-state index in [2.05, 4.69) is 71.6 Å². The van der Waals surface area contributed by atoms with E-state index in [1.165, 1.54) is 63.8 Å². The van der Waals surface area contributed by atoms with Crippen molar-refractivity contribution in [2.45, 2.75) is 111 Å². The lowest BCUT2D eigenvalue weighted by Crippen LogP contribution is -2.25. The van der Waals surface area contributed by atoms with Gasteiger partial charge >= 0.3 is 0 Å². The summed E-state index contributed by atoms with van der Waals surface area (Å²) in [5, 5.41) is 0. The number of allylic oxidation sites excluding steroid dienone is 4. The molecule has 0 saturated heterocycles. The molecule has 0 aliphatic heterocycles. The number of unbranched alkanes of at least 4 members (excludes halogenated alkanes) is 5. The average molecular weight is 365 g/mol. The Labute approximate surface area is 161 Å². The summed E-state index contributed by atoms with van der Waals surface area (Å²) >= 11 is 0. The number of hydrogen-bond donors (Lipinski definition) is 0. The predicted molar refractivity (Wildman–Crippen MR) is 121 cm³/mol. The van der Waals surface area contributed by atoms with Gasteiger partial charge in [0.1, 0.15) is 0 Å². The van der Waals surface area contributed by atoms with Crippen LogP contribution < -0.4 is 0 Å². The van der Waals surface area contributed by atoms with Crippen molar-refractivity contribution < 1.29 is 0 Å². The molecule has 2 atom stereocenters. The summed E-state index contributed by atoms with van der Waals surface area (Å²) in [5.41, 5.74) is 0. The molecule has 2 unspecified atom stereocenters. The highest BCUT2D eigenvalue weighted by atomic mass is 28.3. The van der Waals surface area contributed by atoms with Gasteiger partial charge in [0.15, 0.2) is 0 Å². The molecule has 0 fully saturated rings. The Bertz CT molecular complexity index is 346. The van der Waals surface area contributed by atoms with Crippen molar-refractivity contribution in [3.05, 3.63) is 24.3 Å². The number of hydrogen-bond acceptors (Lipinski definition) is 0. The second-order valence-electron chi connectivity index (χ2n) is 9.72. The largest absolute Gasteiger partial charge is 0.0885 e. The van der Waals surface area contributed by atoms with Crippen LogP contribution in [0.4, 0.5) is 0 Å². The first-order valence-corrected chi connectivity index (χ1v) is 14.8. The van der Waals surface area contributed by atoms with Crippen molar-refractivity contribution in [3.63, 3.8) is 0 Å². The van der Waals surface area contributed by atoms with Crippen LogP contribution in [0.2, 0.25) is 25.7 Å². The summed E-state index contributed by atoms with van der Waals surface area (Å²) < 4.78 is 0. The quantitative estimate of drug-likeness (QED) is 0.154. The average Bonchev–Trinajstić information content (AvgIpc) is 2.49. The lowest BCUT2D eigenvalue weighted by atomic mass is 9.91. The smallest absolute Gasteiger partial charge is 0.0445 e. The second kappa shape index (κ2) is 14.8. The second-order valence-corrected chi connectivity index (χ2v) is 15.2. The Morgan fingerprint density at radius 1 is 0.800 bits per heavy atom. The fraction of sp³-hybridized carbons (Fsp3) is 0.833. The Morgan fingerprint density at radius 2 is 1.48 bits per heavy atom. The van der Waals surface area contributed by atoms with Gasteiger partial charge in [-0.05, 0) is 43.4 Å². The number of rotatable bonds is 15. The van der Waals surface area contributed by atoms with Gasteiger partial charge < -0.3 is 0 Å². The first-order chi connectivity index (χ1) is 11.8. The molecule has 0 radical (unpaired) electrons. The minimum absolute atomic E-state index is 0.737. The molecule has 0 aromatic heterocycles. The molecule has 0 N–H and O–H groups in total. The maximum atomic E-state index is 2.55. The Kier molecular flexibility index (Phi) is 14.6. The van der Waals surface area contributed by atoms with E-state index >= 15 is 0 Å². The van der Waals surface area contributed by atoms with Gasteiger partial charge in [0.25, 0.3) is 0 Å². The summed E-state index contributed by atoms with van der Waals surface area (Å²) in [4.78, 5) is 0. The molecule has 0 saturated carbocycles. The summed E-state index contributed by atoms with van der Waals surface area (Å²) in [6.07, 6.45) is 21.9. The lowest BCUT2D eigenvalue weighted by molar-refractivity contribution is 0.463. The van der Waals surface area contributed by atoms with Crippen LogP contribution in [-0.4, -0.2) is 8.07 Å². The standard InChI is InChI=1S/C24H48Si/c1-8-9-10-16-19-24(23(4)21-25(5,6)7)20-17-14-12-11-13-15-18-22(2)3/h10,16-17,20,22-24H,8-9,11-15,18-19,21H2,1-7H3/b16-10+,20-17+. The zero-order valence-corrected chi connectivity index (χ0v) is 19.6. The minimum atomic E-state index is -0.974. The van der Waals surface area contributed by atoms with Crippen molar-refractivity contribution >= 4 is 8.07 Å². The highest BCUT2D eigenvalue weighted by Crippen LogP contribution is 2.27. The highest BCUT2D eigenvalue weighted by molar-refractivity contribution is 6.76. The van der Waals surface area contributed by atoms with Gasteiger partial charge in [-0.25, -0.2) is 0 Å². The van der Waals surface area contributed by atoms with Crippen LogP contribution in [0.1, 0.15) is 85.5 Å². The van der Waals surface area contributed by atoms with Gasteiger partial charge in [-0.3, -0.25) is 0 Å². The third-order valence-corrected chi connectivity index (χ3v) is 6.85. The van der Waals surface area contributed by atoms with E-state index in [0.717, 1.165) is 17.8 Å². The van der Waals surface area contributed by atoms with Gasteiger partial charge in [0.2, 0.25) is 0 Å². The normalized spacial score (nSPS) is 15.5. The van der Waals surface area contributed by atoms with E-state index in [1.54, 1.807) is 0 Å². The van der Waals surface area contributed by atoms with Crippen LogP contribution in [0.5, 0.6) is 0 Å². The molecular weight excluding hydrogens is 316 g/mol. The minimum Gasteiger partial charge on any atom is -0.0885 e. The fourth-order valence-electron chi connectivity index (χ4n) is 3.60. The van der Waals surface area contributed by atoms with Crippen LogP contribution in [-0.2, 0) is 0 Å². The lowest BCUT2D eigenvalue weighted by Gasteiger charge is -2.26. The van der Waals surface area contributed by atoms with E-state index in [0.29, 0.717) is 0 Å². The van der Waals surface area contributed by atoms with Crippen molar-refractivity contribution in [2.24, 2.45) is 17.8 Å². The molecule has 148 valence electrons. The molecule has 0 heterocycles. The van der Waals surface area contributed by atoms with Crippen molar-refractivity contribution in [2.75, 3.05) is 0 Å². The van der Waals surface area contributed by atoms with E-state index in [4.69, 9.17) is 0 Å². The molecule has 0 amide bonds. The molecule has 0 aliphatic carbocycles. The Morgan fingerprint density at radius 3 is 2.08 bits per heavy atom. The molecule has 0 spiro atoms. The van der Waals surface area contributed by atoms with Crippen molar-refractivity contribution in [1.29, 1.82) is 0 Å². The molecule has 0 aromatic carbocycles. The van der Waals surface area contributed by atoms with Gasteiger partial charge in [-0.15, -0.1) is 0 Å². The van der Waals surface area contributed by atoms with Crippen LogP contribution in [0.25, 0.3) is 0 Å². The van der Waals surface area contributed by atoms with E-state index in [9.17, 15) is 0 Å². The van der Waals surface area contributed by atoms with Gasteiger partial charge in [0, 0.05) is 8.07 Å². The highest BCUT2D eigenvalue weighted by Gasteiger charge is 2.21. The van der Waals surface area contributed by atoms with E-state index in [1.807, 2.05) is 0 Å². The third kappa shape index (κ3) is 16.9. The molecule has 0 aliphatic rings. The monoisotopic (exact) mass is 364 g/mol.